The van der Waals surface area contributed by atoms with Gasteiger partial charge in [-0.05, 0) is 72.2 Å². The molecule has 14 nitrogen and oxygen atoms in total. The van der Waals surface area contributed by atoms with Gasteiger partial charge in [-0.25, -0.2) is 14.8 Å². The van der Waals surface area contributed by atoms with Crippen molar-refractivity contribution in [2.45, 2.75) is 25.8 Å². The van der Waals surface area contributed by atoms with Gasteiger partial charge in [0, 0.05) is 40.7 Å². The van der Waals surface area contributed by atoms with Crippen molar-refractivity contribution in [1.29, 1.82) is 0 Å². The average molecular weight is 650 g/mol. The molecule has 1 aliphatic heterocycles. The molecule has 1 amide bonds. The van der Waals surface area contributed by atoms with Crippen LogP contribution in [0.1, 0.15) is 30.9 Å². The van der Waals surface area contributed by atoms with E-state index in [1.54, 1.807) is 28.8 Å². The molecule has 2 N–H and O–H groups in total. The molecule has 5 aromatic rings. The van der Waals surface area contributed by atoms with Crippen LogP contribution in [0.3, 0.4) is 0 Å². The van der Waals surface area contributed by atoms with E-state index >= 15 is 4.39 Å². The first kappa shape index (κ1) is 31.0. The van der Waals surface area contributed by atoms with Crippen molar-refractivity contribution in [2.24, 2.45) is 0 Å². The maximum Gasteiger partial charge on any atom is 0.413 e. The molecular formula is C30H29ClFN9O5. The number of benzene rings is 1. The number of hydrogen-bond acceptors (Lipinski definition) is 9. The van der Waals surface area contributed by atoms with Gasteiger partial charge in [0.1, 0.15) is 23.7 Å². The van der Waals surface area contributed by atoms with E-state index in [0.717, 1.165) is 10.6 Å². The Hall–Kier alpha value is -4.99. The molecule has 0 fully saturated rings. The Morgan fingerprint density at radius 1 is 1.15 bits per heavy atom. The number of hydrogen-bond donors (Lipinski definition) is 2. The number of carboxylic acid groups (broad SMARTS) is 1. The molecule has 0 saturated carbocycles. The molecule has 0 unspecified atom stereocenters. The number of nitrogens with one attached hydrogen (secondary N) is 1. The number of H-pyrrole nitrogens is 1. The molecule has 0 bridgehead atoms. The van der Waals surface area contributed by atoms with Crippen molar-refractivity contribution >= 4 is 23.5 Å². The molecule has 16 heteroatoms. The Kier molecular flexibility index (Phi) is 9.14. The van der Waals surface area contributed by atoms with E-state index in [-0.39, 0.29) is 30.2 Å². The quantitative estimate of drug-likeness (QED) is 0.188. The van der Waals surface area contributed by atoms with Crippen LogP contribution in [-0.2, 0) is 15.9 Å². The molecule has 5 heterocycles. The molecule has 6 rings (SSSR count). The predicted molar refractivity (Wildman–Crippen MR) is 165 cm³/mol. The van der Waals surface area contributed by atoms with Crippen molar-refractivity contribution in [3.63, 3.8) is 0 Å². The largest absolute Gasteiger partial charge is 0.465 e. The molecule has 0 aliphatic carbocycles. The van der Waals surface area contributed by atoms with E-state index < -0.39 is 18.1 Å². The van der Waals surface area contributed by atoms with E-state index in [4.69, 9.17) is 21.1 Å². The van der Waals surface area contributed by atoms with Gasteiger partial charge in [-0.15, -0.1) is 5.10 Å². The summed E-state index contributed by atoms with van der Waals surface area (Å²) in [4.78, 5) is 37.8. The number of aromatic nitrogens is 8. The second kappa shape index (κ2) is 13.6. The highest BCUT2D eigenvalue weighted by molar-refractivity contribution is 6.31. The minimum atomic E-state index is -1.20. The van der Waals surface area contributed by atoms with Gasteiger partial charge in [0.25, 0.3) is 5.56 Å². The number of imidazole rings is 1. The molecular weight excluding hydrogens is 621 g/mol. The number of carbonyl (C=O) groups is 1. The van der Waals surface area contributed by atoms with Crippen molar-refractivity contribution in [3.8, 4) is 28.1 Å². The Morgan fingerprint density at radius 2 is 2.00 bits per heavy atom. The van der Waals surface area contributed by atoms with Crippen molar-refractivity contribution in [2.75, 3.05) is 37.9 Å². The van der Waals surface area contributed by atoms with Gasteiger partial charge < -0.3 is 24.1 Å². The lowest BCUT2D eigenvalue weighted by Gasteiger charge is -2.18. The lowest BCUT2D eigenvalue weighted by atomic mass is 10.0. The van der Waals surface area contributed by atoms with E-state index in [0.29, 0.717) is 65.9 Å². The first-order valence-corrected chi connectivity index (χ1v) is 14.9. The summed E-state index contributed by atoms with van der Waals surface area (Å²) in [7, 11) is 0. The van der Waals surface area contributed by atoms with Gasteiger partial charge in [0.05, 0.1) is 38.1 Å². The Balaban J connectivity index is 1.22. The number of tetrazole rings is 1. The summed E-state index contributed by atoms with van der Waals surface area (Å²) in [6.07, 6.45) is 2.72. The highest BCUT2D eigenvalue weighted by Crippen LogP contribution is 2.35. The van der Waals surface area contributed by atoms with Crippen molar-refractivity contribution < 1.29 is 23.8 Å². The van der Waals surface area contributed by atoms with Crippen LogP contribution in [0.5, 0.6) is 0 Å². The van der Waals surface area contributed by atoms with Crippen LogP contribution in [0.4, 0.5) is 15.0 Å². The van der Waals surface area contributed by atoms with Gasteiger partial charge in [-0.2, -0.15) is 9.07 Å². The fourth-order valence-electron chi connectivity index (χ4n) is 5.46. The fourth-order valence-corrected chi connectivity index (χ4v) is 5.63. The first-order valence-electron chi connectivity index (χ1n) is 14.5. The zero-order valence-corrected chi connectivity index (χ0v) is 25.4. The predicted octanol–water partition coefficient (Wildman–Crippen LogP) is 4.14. The van der Waals surface area contributed by atoms with Gasteiger partial charge in [-0.3, -0.25) is 9.69 Å². The van der Waals surface area contributed by atoms with Crippen LogP contribution >= 0.6 is 11.6 Å². The SMILES string of the molecule is CCOCCOCCN(C(=O)O)c1ccc(-c2[nH]c([C@@H]3CCc4cc(-c5cc(Cl)ccc5-n5cnnn5)cc(=O)n43)nc2F)cn1. The van der Waals surface area contributed by atoms with Gasteiger partial charge in [0.2, 0.25) is 5.95 Å². The standard InChI is InChI=1S/C30H29ClFN9O5/c1-2-45-11-12-46-10-9-39(30(43)44)25-8-3-18(16-33-25)27-28(32)36-29(35-27)24-7-5-21-13-19(14-26(42)41(21)24)22-15-20(31)4-6-23(22)40-17-34-37-38-40/h3-4,6,8,13-17,24H,2,5,7,9-12H2,1H3,(H,35,36)(H,43,44)/t24-/m0/s1. The van der Waals surface area contributed by atoms with E-state index in [2.05, 4.69) is 30.5 Å². The number of pyridine rings is 2. The number of fused-ring (bicyclic) bond motifs is 1. The van der Waals surface area contributed by atoms with Crippen LogP contribution < -0.4 is 10.5 Å². The zero-order chi connectivity index (χ0) is 32.2. The number of amides is 1. The summed E-state index contributed by atoms with van der Waals surface area (Å²) in [5, 5.41) is 21.5. The van der Waals surface area contributed by atoms with Crippen LogP contribution in [0, 0.1) is 5.95 Å². The van der Waals surface area contributed by atoms with Gasteiger partial charge >= 0.3 is 6.09 Å². The topological polar surface area (TPSA) is 166 Å². The summed E-state index contributed by atoms with van der Waals surface area (Å²) in [6.45, 7) is 3.43. The summed E-state index contributed by atoms with van der Waals surface area (Å²) >= 11 is 6.30. The van der Waals surface area contributed by atoms with Gasteiger partial charge in [0.15, 0.2) is 0 Å². The second-order valence-electron chi connectivity index (χ2n) is 10.4. The van der Waals surface area contributed by atoms with Crippen LogP contribution in [0.15, 0.2) is 59.8 Å². The molecule has 0 radical (unpaired) electrons. The van der Waals surface area contributed by atoms with E-state index in [1.807, 2.05) is 13.0 Å². The number of rotatable bonds is 12. The summed E-state index contributed by atoms with van der Waals surface area (Å²) in [5.41, 5.74) is 2.92. The molecule has 1 aromatic carbocycles. The van der Waals surface area contributed by atoms with Crippen molar-refractivity contribution in [1.82, 2.24) is 39.7 Å². The smallest absolute Gasteiger partial charge is 0.413 e. The Morgan fingerprint density at radius 3 is 2.74 bits per heavy atom. The normalized spacial score (nSPS) is 14.0. The average Bonchev–Trinajstić information content (AvgIpc) is 3.81. The van der Waals surface area contributed by atoms with Crippen LogP contribution in [0.2, 0.25) is 5.02 Å². The number of ether oxygens (including phenoxy) is 2. The number of aryl methyl sites for hydroxylation is 1. The molecule has 0 saturated heterocycles. The summed E-state index contributed by atoms with van der Waals surface area (Å²) in [5.74, 6) is -0.302. The molecule has 1 atom stereocenters. The molecule has 1 aliphatic rings. The number of halogens is 2. The number of nitrogens with zero attached hydrogens (tertiary/aromatic N) is 8. The van der Waals surface area contributed by atoms with Crippen LogP contribution in [0.25, 0.3) is 28.1 Å². The minimum absolute atomic E-state index is 0.0597. The monoisotopic (exact) mass is 649 g/mol. The molecule has 4 aromatic heterocycles. The second-order valence-corrected chi connectivity index (χ2v) is 10.8. The Labute approximate surface area is 266 Å². The third-order valence-electron chi connectivity index (χ3n) is 7.57. The Bertz CT molecular complexity index is 1900. The third-order valence-corrected chi connectivity index (χ3v) is 7.81. The fraction of sp³-hybridized carbons (Fsp3) is 0.300. The highest BCUT2D eigenvalue weighted by atomic mass is 35.5. The van der Waals surface area contributed by atoms with Crippen LogP contribution in [-0.4, -0.2) is 83.9 Å². The first-order chi connectivity index (χ1) is 22.3. The summed E-state index contributed by atoms with van der Waals surface area (Å²) < 4.78 is 28.9. The van der Waals surface area contributed by atoms with E-state index in [1.165, 1.54) is 29.3 Å². The van der Waals surface area contributed by atoms with E-state index in [9.17, 15) is 14.7 Å². The molecule has 46 heavy (non-hydrogen) atoms. The van der Waals surface area contributed by atoms with Crippen molar-refractivity contribution in [3.05, 3.63) is 87.8 Å². The lowest BCUT2D eigenvalue weighted by Crippen LogP contribution is -2.33. The lowest BCUT2D eigenvalue weighted by molar-refractivity contribution is 0.0555. The third kappa shape index (κ3) is 6.38. The number of aromatic amines is 1. The minimum Gasteiger partial charge on any atom is -0.465 e. The highest BCUT2D eigenvalue weighted by Gasteiger charge is 2.29. The zero-order valence-electron chi connectivity index (χ0n) is 24.6. The van der Waals surface area contributed by atoms with Gasteiger partial charge in [-0.1, -0.05) is 11.6 Å². The molecule has 238 valence electrons. The summed E-state index contributed by atoms with van der Waals surface area (Å²) in [6, 6.07) is 11.2. The maximum atomic E-state index is 15.2. The molecule has 0 spiro atoms. The number of anilines is 1. The maximum absolute atomic E-state index is 15.2.